The normalized spacial score (nSPS) is 14.6. The lowest BCUT2D eigenvalue weighted by atomic mass is 9.88. The van der Waals surface area contributed by atoms with Crippen molar-refractivity contribution in [2.45, 2.75) is 45.2 Å². The molecule has 114 valence electrons. The summed E-state index contributed by atoms with van der Waals surface area (Å²) in [7, 11) is 0.0344. The fourth-order valence-corrected chi connectivity index (χ4v) is 3.56. The topological polar surface area (TPSA) is 49.4 Å². The van der Waals surface area contributed by atoms with E-state index < -0.39 is 10.0 Å². The number of nitrogens with one attached hydrogen (secondary N) is 1. The van der Waals surface area contributed by atoms with Gasteiger partial charge in [0.1, 0.15) is 0 Å². The Hall–Kier alpha value is -0.910. The van der Waals surface area contributed by atoms with Crippen molar-refractivity contribution in [3.05, 3.63) is 29.8 Å². The molecule has 5 heteroatoms. The molecule has 1 aromatic carbocycles. The molecule has 1 N–H and O–H groups in total. The predicted octanol–water partition coefficient (Wildman–Crippen LogP) is 2.46. The Morgan fingerprint density at radius 2 is 1.90 bits per heavy atom. The molecule has 0 aliphatic heterocycles. The van der Waals surface area contributed by atoms with Gasteiger partial charge in [0.25, 0.3) is 0 Å². The van der Waals surface area contributed by atoms with E-state index in [4.69, 9.17) is 0 Å². The van der Waals surface area contributed by atoms with Crippen molar-refractivity contribution in [2.75, 3.05) is 14.1 Å². The molecule has 20 heavy (non-hydrogen) atoms. The van der Waals surface area contributed by atoms with Crippen LogP contribution in [0.15, 0.2) is 29.2 Å². The molecule has 0 aliphatic carbocycles. The first kappa shape index (κ1) is 17.1. The van der Waals surface area contributed by atoms with E-state index in [-0.39, 0.29) is 11.5 Å². The lowest BCUT2D eigenvalue weighted by Gasteiger charge is -2.34. The average Bonchev–Trinajstić information content (AvgIpc) is 2.36. The summed E-state index contributed by atoms with van der Waals surface area (Å²) in [5.74, 6) is 0. The lowest BCUT2D eigenvalue weighted by Crippen LogP contribution is -2.42. The molecule has 0 amide bonds. The van der Waals surface area contributed by atoms with E-state index in [1.807, 2.05) is 40.8 Å². The second-order valence-corrected chi connectivity index (χ2v) is 8.24. The van der Waals surface area contributed by atoms with Crippen LogP contribution in [0.25, 0.3) is 0 Å². The smallest absolute Gasteiger partial charge is 0.243 e. The van der Waals surface area contributed by atoms with E-state index in [1.54, 1.807) is 25.2 Å². The summed E-state index contributed by atoms with van der Waals surface area (Å²) in [6.07, 6.45) is 0. The first-order chi connectivity index (χ1) is 9.10. The molecule has 0 saturated heterocycles. The van der Waals surface area contributed by atoms with Crippen LogP contribution >= 0.6 is 0 Å². The number of hydrogen-bond donors (Lipinski definition) is 1. The monoisotopic (exact) mass is 298 g/mol. The number of hydrogen-bond acceptors (Lipinski definition) is 3. The fraction of sp³-hybridized carbons (Fsp3) is 0.600. The highest BCUT2D eigenvalue weighted by Crippen LogP contribution is 2.27. The van der Waals surface area contributed by atoms with Crippen LogP contribution in [0.1, 0.15) is 33.3 Å². The molecule has 0 bridgehead atoms. The van der Waals surface area contributed by atoms with Crippen LogP contribution < -0.4 is 5.32 Å². The molecule has 4 nitrogen and oxygen atoms in total. The van der Waals surface area contributed by atoms with Gasteiger partial charge in [0.2, 0.25) is 10.0 Å². The van der Waals surface area contributed by atoms with Gasteiger partial charge in [0.15, 0.2) is 0 Å². The minimum absolute atomic E-state index is 0.0829. The first-order valence-corrected chi connectivity index (χ1v) is 8.26. The van der Waals surface area contributed by atoms with Crippen LogP contribution in [0, 0.1) is 5.41 Å². The minimum Gasteiger partial charge on any atom is -0.316 e. The van der Waals surface area contributed by atoms with Gasteiger partial charge in [-0.1, -0.05) is 32.9 Å². The quantitative estimate of drug-likeness (QED) is 0.908. The number of nitrogens with zero attached hydrogens (tertiary/aromatic N) is 1. The zero-order chi connectivity index (χ0) is 15.6. The van der Waals surface area contributed by atoms with Gasteiger partial charge in [0, 0.05) is 19.6 Å². The first-order valence-electron chi connectivity index (χ1n) is 6.82. The summed E-state index contributed by atoms with van der Waals surface area (Å²) in [5.41, 5.74) is 0.857. The summed E-state index contributed by atoms with van der Waals surface area (Å²) >= 11 is 0. The highest BCUT2D eigenvalue weighted by molar-refractivity contribution is 7.89. The molecular formula is C15H26N2O2S. The molecule has 1 rings (SSSR count). The van der Waals surface area contributed by atoms with Crippen LogP contribution in [-0.4, -0.2) is 32.9 Å². The van der Waals surface area contributed by atoms with Gasteiger partial charge in [-0.15, -0.1) is 0 Å². The van der Waals surface area contributed by atoms with Gasteiger partial charge in [-0.05, 0) is 37.1 Å². The Kier molecular flexibility index (Phi) is 5.35. The van der Waals surface area contributed by atoms with Crippen LogP contribution in [0.2, 0.25) is 0 Å². The molecule has 0 radical (unpaired) electrons. The van der Waals surface area contributed by atoms with Crippen molar-refractivity contribution in [3.63, 3.8) is 0 Å². The van der Waals surface area contributed by atoms with Gasteiger partial charge in [-0.2, -0.15) is 4.31 Å². The maximum absolute atomic E-state index is 12.7. The Balaban J connectivity index is 3.13. The molecule has 1 aromatic rings. The van der Waals surface area contributed by atoms with Gasteiger partial charge >= 0.3 is 0 Å². The summed E-state index contributed by atoms with van der Waals surface area (Å²) in [5, 5.41) is 3.03. The van der Waals surface area contributed by atoms with Crippen molar-refractivity contribution >= 4 is 10.0 Å². The summed E-state index contributed by atoms with van der Waals surface area (Å²) in [6, 6.07) is 7.01. The Morgan fingerprint density at radius 1 is 1.30 bits per heavy atom. The van der Waals surface area contributed by atoms with Crippen LogP contribution in [0.3, 0.4) is 0 Å². The van der Waals surface area contributed by atoms with Gasteiger partial charge in [-0.3, -0.25) is 0 Å². The highest BCUT2D eigenvalue weighted by Gasteiger charge is 2.32. The molecule has 1 atom stereocenters. The molecule has 0 fully saturated rings. The third-order valence-electron chi connectivity index (χ3n) is 3.76. The van der Waals surface area contributed by atoms with E-state index in [0.717, 1.165) is 5.56 Å². The standard InChI is InChI=1S/C15H26N2O2S/c1-12(15(2,3)4)17(6)20(18,19)14-9-7-8-13(10-14)11-16-5/h7-10,12,16H,11H2,1-6H3. The molecule has 0 aromatic heterocycles. The minimum atomic E-state index is -3.46. The van der Waals surface area contributed by atoms with E-state index in [9.17, 15) is 8.42 Å². The number of rotatable bonds is 5. The number of sulfonamides is 1. The summed E-state index contributed by atoms with van der Waals surface area (Å²) in [4.78, 5) is 0.351. The molecule has 1 unspecified atom stereocenters. The Bertz CT molecular complexity index is 547. The largest absolute Gasteiger partial charge is 0.316 e. The van der Waals surface area contributed by atoms with Crippen LogP contribution in [-0.2, 0) is 16.6 Å². The SMILES string of the molecule is CNCc1cccc(S(=O)(=O)N(C)C(C)C(C)(C)C)c1. The number of benzene rings is 1. The van der Waals surface area contributed by atoms with Crippen molar-refractivity contribution in [1.29, 1.82) is 0 Å². The van der Waals surface area contributed by atoms with Crippen LogP contribution in [0.5, 0.6) is 0 Å². The fourth-order valence-electron chi connectivity index (χ4n) is 1.94. The summed E-state index contributed by atoms with van der Waals surface area (Å²) < 4.78 is 26.8. The predicted molar refractivity (Wildman–Crippen MR) is 83.1 cm³/mol. The van der Waals surface area contributed by atoms with E-state index in [0.29, 0.717) is 11.4 Å². The third-order valence-corrected chi connectivity index (χ3v) is 5.68. The van der Waals surface area contributed by atoms with Crippen molar-refractivity contribution in [2.24, 2.45) is 5.41 Å². The Morgan fingerprint density at radius 3 is 2.40 bits per heavy atom. The molecule has 0 heterocycles. The van der Waals surface area contributed by atoms with E-state index in [1.165, 1.54) is 4.31 Å². The third kappa shape index (κ3) is 3.81. The highest BCUT2D eigenvalue weighted by atomic mass is 32.2. The second kappa shape index (κ2) is 6.24. The lowest BCUT2D eigenvalue weighted by molar-refractivity contribution is 0.216. The summed E-state index contributed by atoms with van der Waals surface area (Å²) in [6.45, 7) is 8.72. The van der Waals surface area contributed by atoms with Crippen LogP contribution in [0.4, 0.5) is 0 Å². The maximum Gasteiger partial charge on any atom is 0.243 e. The van der Waals surface area contributed by atoms with Gasteiger partial charge in [-0.25, -0.2) is 8.42 Å². The van der Waals surface area contributed by atoms with E-state index in [2.05, 4.69) is 5.32 Å². The molecule has 0 aliphatic rings. The average molecular weight is 298 g/mol. The molecule has 0 spiro atoms. The van der Waals surface area contributed by atoms with Crippen molar-refractivity contribution in [1.82, 2.24) is 9.62 Å². The van der Waals surface area contributed by atoms with Crippen molar-refractivity contribution in [3.8, 4) is 0 Å². The Labute approximate surface area is 123 Å². The van der Waals surface area contributed by atoms with Gasteiger partial charge in [0.05, 0.1) is 4.90 Å². The zero-order valence-electron chi connectivity index (χ0n) is 13.3. The maximum atomic E-state index is 12.7. The zero-order valence-corrected chi connectivity index (χ0v) is 14.1. The molecular weight excluding hydrogens is 272 g/mol. The second-order valence-electron chi connectivity index (χ2n) is 6.24. The van der Waals surface area contributed by atoms with E-state index >= 15 is 0 Å². The molecule has 0 saturated carbocycles. The van der Waals surface area contributed by atoms with Crippen molar-refractivity contribution < 1.29 is 8.42 Å². The van der Waals surface area contributed by atoms with Gasteiger partial charge < -0.3 is 5.32 Å².